The van der Waals surface area contributed by atoms with Crippen molar-refractivity contribution >= 4 is 15.9 Å². The Morgan fingerprint density at radius 2 is 2.05 bits per heavy atom. The van der Waals surface area contributed by atoms with E-state index in [1.807, 2.05) is 31.2 Å². The van der Waals surface area contributed by atoms with Crippen LogP contribution in [0.25, 0.3) is 0 Å². The summed E-state index contributed by atoms with van der Waals surface area (Å²) in [6.07, 6.45) is 3.51. The van der Waals surface area contributed by atoms with E-state index in [2.05, 4.69) is 20.9 Å². The van der Waals surface area contributed by atoms with Gasteiger partial charge < -0.3 is 15.2 Å². The Balaban J connectivity index is 2.13. The van der Waals surface area contributed by atoms with Crippen LogP contribution in [-0.4, -0.2) is 12.1 Å². The number of methoxy groups -OCH3 is 1. The fraction of sp³-hybridized carbons (Fsp3) is 0.267. The highest BCUT2D eigenvalue weighted by Gasteiger charge is 2.08. The summed E-state index contributed by atoms with van der Waals surface area (Å²) < 4.78 is 12.0. The molecule has 2 rings (SSSR count). The fourth-order valence-electron chi connectivity index (χ4n) is 1.78. The Kier molecular flexibility index (Phi) is 4.98. The van der Waals surface area contributed by atoms with Gasteiger partial charge in [0.15, 0.2) is 11.5 Å². The van der Waals surface area contributed by atoms with Gasteiger partial charge in [0.1, 0.15) is 6.61 Å². The third kappa shape index (κ3) is 3.71. The summed E-state index contributed by atoms with van der Waals surface area (Å²) in [7, 11) is 1.62. The van der Waals surface area contributed by atoms with Gasteiger partial charge in [-0.3, -0.25) is 4.98 Å². The molecule has 1 heterocycles. The van der Waals surface area contributed by atoms with Gasteiger partial charge in [-0.25, -0.2) is 0 Å². The minimum atomic E-state index is -0.0350. The zero-order valence-electron chi connectivity index (χ0n) is 11.5. The van der Waals surface area contributed by atoms with E-state index >= 15 is 0 Å². The van der Waals surface area contributed by atoms with Crippen molar-refractivity contribution in [1.82, 2.24) is 4.98 Å². The summed E-state index contributed by atoms with van der Waals surface area (Å²) in [5, 5.41) is 0. The molecule has 0 spiro atoms. The van der Waals surface area contributed by atoms with E-state index in [1.165, 1.54) is 0 Å². The van der Waals surface area contributed by atoms with Gasteiger partial charge in [-0.2, -0.15) is 0 Å². The third-order valence-corrected chi connectivity index (χ3v) is 3.30. The number of benzene rings is 1. The first-order valence-electron chi connectivity index (χ1n) is 6.26. The van der Waals surface area contributed by atoms with E-state index in [4.69, 9.17) is 15.2 Å². The summed E-state index contributed by atoms with van der Waals surface area (Å²) in [6, 6.07) is 7.66. The SMILES string of the molecule is COc1cc(C(C)N)ccc1OCc1cncc(Br)c1. The maximum atomic E-state index is 5.86. The molecule has 2 aromatic rings. The molecule has 1 aromatic heterocycles. The molecule has 0 aliphatic carbocycles. The highest BCUT2D eigenvalue weighted by Crippen LogP contribution is 2.30. The van der Waals surface area contributed by atoms with Crippen LogP contribution in [0.2, 0.25) is 0 Å². The summed E-state index contributed by atoms with van der Waals surface area (Å²) >= 11 is 3.39. The second kappa shape index (κ2) is 6.72. The number of aromatic nitrogens is 1. The van der Waals surface area contributed by atoms with Crippen LogP contribution in [0.1, 0.15) is 24.1 Å². The van der Waals surface area contributed by atoms with Crippen LogP contribution in [0.5, 0.6) is 11.5 Å². The fourth-order valence-corrected chi connectivity index (χ4v) is 2.19. The molecule has 0 saturated heterocycles. The van der Waals surface area contributed by atoms with Gasteiger partial charge in [0.25, 0.3) is 0 Å². The predicted molar refractivity (Wildman–Crippen MR) is 81.9 cm³/mol. The number of hydrogen-bond acceptors (Lipinski definition) is 4. The van der Waals surface area contributed by atoms with Crippen LogP contribution in [-0.2, 0) is 6.61 Å². The monoisotopic (exact) mass is 336 g/mol. The largest absolute Gasteiger partial charge is 0.493 e. The van der Waals surface area contributed by atoms with E-state index in [-0.39, 0.29) is 6.04 Å². The van der Waals surface area contributed by atoms with E-state index in [9.17, 15) is 0 Å². The van der Waals surface area contributed by atoms with Crippen molar-refractivity contribution in [3.05, 3.63) is 52.3 Å². The smallest absolute Gasteiger partial charge is 0.161 e. The van der Waals surface area contributed by atoms with E-state index in [0.29, 0.717) is 18.1 Å². The van der Waals surface area contributed by atoms with Gasteiger partial charge in [-0.15, -0.1) is 0 Å². The average Bonchev–Trinajstić information content (AvgIpc) is 2.45. The van der Waals surface area contributed by atoms with Crippen LogP contribution in [0, 0.1) is 0 Å². The second-order valence-electron chi connectivity index (χ2n) is 4.50. The Labute approximate surface area is 127 Å². The number of rotatable bonds is 5. The Hall–Kier alpha value is -1.59. The molecule has 0 aliphatic rings. The molecule has 5 heteroatoms. The Morgan fingerprint density at radius 3 is 2.70 bits per heavy atom. The molecule has 0 saturated carbocycles. The van der Waals surface area contributed by atoms with Crippen molar-refractivity contribution in [3.8, 4) is 11.5 Å². The molecule has 106 valence electrons. The van der Waals surface area contributed by atoms with Crippen LogP contribution in [0.3, 0.4) is 0 Å². The zero-order valence-corrected chi connectivity index (χ0v) is 13.1. The summed E-state index contributed by atoms with van der Waals surface area (Å²) in [5.74, 6) is 1.37. The van der Waals surface area contributed by atoms with Crippen LogP contribution >= 0.6 is 15.9 Å². The molecule has 2 N–H and O–H groups in total. The first-order valence-corrected chi connectivity index (χ1v) is 7.05. The van der Waals surface area contributed by atoms with Crippen LogP contribution in [0.15, 0.2) is 41.1 Å². The van der Waals surface area contributed by atoms with Gasteiger partial charge in [0, 0.05) is 28.5 Å². The molecule has 1 aromatic carbocycles. The molecule has 0 radical (unpaired) electrons. The molecule has 0 bridgehead atoms. The number of ether oxygens (including phenoxy) is 2. The van der Waals surface area contributed by atoms with Crippen LogP contribution in [0.4, 0.5) is 0 Å². The summed E-state index contributed by atoms with van der Waals surface area (Å²) in [4.78, 5) is 4.10. The first-order chi connectivity index (χ1) is 9.60. The first kappa shape index (κ1) is 14.8. The van der Waals surface area contributed by atoms with Crippen molar-refractivity contribution in [2.24, 2.45) is 5.73 Å². The van der Waals surface area contributed by atoms with Crippen molar-refractivity contribution in [3.63, 3.8) is 0 Å². The van der Waals surface area contributed by atoms with Crippen molar-refractivity contribution in [1.29, 1.82) is 0 Å². The highest BCUT2D eigenvalue weighted by molar-refractivity contribution is 9.10. The lowest BCUT2D eigenvalue weighted by molar-refractivity contribution is 0.284. The lowest BCUT2D eigenvalue weighted by atomic mass is 10.1. The lowest BCUT2D eigenvalue weighted by Crippen LogP contribution is -2.05. The van der Waals surface area contributed by atoms with Crippen molar-refractivity contribution in [2.45, 2.75) is 19.6 Å². The standard InChI is InChI=1S/C15H17BrN2O2/c1-10(17)12-3-4-14(15(6-12)19-2)20-9-11-5-13(16)8-18-7-11/h3-8,10H,9,17H2,1-2H3. The van der Waals surface area contributed by atoms with Gasteiger partial charge in [-0.05, 0) is 46.6 Å². The second-order valence-corrected chi connectivity index (χ2v) is 5.41. The van der Waals surface area contributed by atoms with Crippen molar-refractivity contribution in [2.75, 3.05) is 7.11 Å². The minimum Gasteiger partial charge on any atom is -0.493 e. The highest BCUT2D eigenvalue weighted by atomic mass is 79.9. The van der Waals surface area contributed by atoms with Gasteiger partial charge in [0.2, 0.25) is 0 Å². The molecule has 1 atom stereocenters. The van der Waals surface area contributed by atoms with Crippen molar-refractivity contribution < 1.29 is 9.47 Å². The van der Waals surface area contributed by atoms with E-state index in [0.717, 1.165) is 15.6 Å². The predicted octanol–water partition coefficient (Wildman–Crippen LogP) is 3.45. The van der Waals surface area contributed by atoms with Gasteiger partial charge in [-0.1, -0.05) is 6.07 Å². The molecular formula is C15H17BrN2O2. The summed E-state index contributed by atoms with van der Waals surface area (Å²) in [5.41, 5.74) is 7.86. The molecule has 0 amide bonds. The van der Waals surface area contributed by atoms with Gasteiger partial charge >= 0.3 is 0 Å². The van der Waals surface area contributed by atoms with E-state index < -0.39 is 0 Å². The van der Waals surface area contributed by atoms with Gasteiger partial charge in [0.05, 0.1) is 7.11 Å². The number of nitrogens with two attached hydrogens (primary N) is 1. The number of nitrogens with zero attached hydrogens (tertiary/aromatic N) is 1. The Morgan fingerprint density at radius 1 is 1.25 bits per heavy atom. The zero-order chi connectivity index (χ0) is 14.5. The van der Waals surface area contributed by atoms with E-state index in [1.54, 1.807) is 19.5 Å². The third-order valence-electron chi connectivity index (χ3n) is 2.87. The maximum absolute atomic E-state index is 5.86. The molecule has 4 nitrogen and oxygen atoms in total. The molecule has 0 aliphatic heterocycles. The quantitative estimate of drug-likeness (QED) is 0.908. The number of halogens is 1. The number of hydrogen-bond donors (Lipinski definition) is 1. The lowest BCUT2D eigenvalue weighted by Gasteiger charge is -2.13. The minimum absolute atomic E-state index is 0.0350. The topological polar surface area (TPSA) is 57.4 Å². The summed E-state index contributed by atoms with van der Waals surface area (Å²) in [6.45, 7) is 2.36. The number of pyridine rings is 1. The molecular weight excluding hydrogens is 320 g/mol. The molecule has 20 heavy (non-hydrogen) atoms. The molecule has 0 fully saturated rings. The average molecular weight is 337 g/mol. The maximum Gasteiger partial charge on any atom is 0.161 e. The normalized spacial score (nSPS) is 12.0. The molecule has 1 unspecified atom stereocenters. The Bertz CT molecular complexity index is 588. The van der Waals surface area contributed by atoms with Crippen LogP contribution < -0.4 is 15.2 Å².